The Morgan fingerprint density at radius 1 is 1.27 bits per heavy atom. The molecule has 0 fully saturated rings. The molecule has 0 heterocycles. The van der Waals surface area contributed by atoms with Gasteiger partial charge in [0.25, 0.3) is 0 Å². The largest absolute Gasteiger partial charge is 0.359 e. The zero-order chi connectivity index (χ0) is 11.7. The first-order valence-electron chi connectivity index (χ1n) is 5.94. The van der Waals surface area contributed by atoms with Gasteiger partial charge in [0.2, 0.25) is 0 Å². The molecular weight excluding hydrogens is 186 g/mol. The fourth-order valence-corrected chi connectivity index (χ4v) is 1.54. The number of unbranched alkanes of at least 4 members (excludes halogenated alkanes) is 2. The van der Waals surface area contributed by atoms with Crippen molar-refractivity contribution in [2.45, 2.75) is 46.5 Å². The van der Waals surface area contributed by atoms with Gasteiger partial charge in [-0.15, -0.1) is 0 Å². The van der Waals surface area contributed by atoms with E-state index < -0.39 is 0 Å². The first kappa shape index (κ1) is 14.3. The molecule has 3 heteroatoms. The maximum atomic E-state index is 4.10. The Morgan fingerprint density at radius 3 is 2.40 bits per heavy atom. The molecule has 0 saturated carbocycles. The lowest BCUT2D eigenvalue weighted by Gasteiger charge is -2.25. The van der Waals surface area contributed by atoms with Crippen LogP contribution in [-0.2, 0) is 0 Å². The smallest absolute Gasteiger partial charge is 0.190 e. The van der Waals surface area contributed by atoms with E-state index in [0.717, 1.165) is 12.5 Å². The zero-order valence-corrected chi connectivity index (χ0v) is 11.0. The van der Waals surface area contributed by atoms with Gasteiger partial charge in [-0.25, -0.2) is 0 Å². The third kappa shape index (κ3) is 7.23. The van der Waals surface area contributed by atoms with Gasteiger partial charge in [0.1, 0.15) is 0 Å². The van der Waals surface area contributed by atoms with Crippen molar-refractivity contribution in [2.24, 2.45) is 10.4 Å². The summed E-state index contributed by atoms with van der Waals surface area (Å²) in [5.41, 5.74) is 0.349. The fourth-order valence-electron chi connectivity index (χ4n) is 1.54. The Morgan fingerprint density at radius 2 is 1.93 bits per heavy atom. The number of nitrogens with zero attached hydrogens (tertiary/aromatic N) is 1. The van der Waals surface area contributed by atoms with Crippen LogP contribution in [0, 0.1) is 5.41 Å². The molecule has 0 bridgehead atoms. The summed E-state index contributed by atoms with van der Waals surface area (Å²) in [5.74, 6) is 0.874. The molecule has 3 nitrogen and oxygen atoms in total. The van der Waals surface area contributed by atoms with Gasteiger partial charge in [0.15, 0.2) is 5.96 Å². The van der Waals surface area contributed by atoms with E-state index in [1.54, 1.807) is 7.05 Å². The summed E-state index contributed by atoms with van der Waals surface area (Å²) in [5, 5.41) is 6.36. The van der Waals surface area contributed by atoms with Crippen molar-refractivity contribution in [1.82, 2.24) is 10.6 Å². The highest BCUT2D eigenvalue weighted by molar-refractivity contribution is 5.79. The first-order chi connectivity index (χ1) is 7.05. The molecule has 0 saturated heterocycles. The Bertz CT molecular complexity index is 185. The van der Waals surface area contributed by atoms with Crippen molar-refractivity contribution in [3.05, 3.63) is 0 Å². The van der Waals surface area contributed by atoms with Gasteiger partial charge in [-0.3, -0.25) is 4.99 Å². The summed E-state index contributed by atoms with van der Waals surface area (Å²) in [6.07, 6.45) is 5.23. The van der Waals surface area contributed by atoms with Gasteiger partial charge in [0.05, 0.1) is 0 Å². The Kier molecular flexibility index (Phi) is 7.18. The number of nitrogens with one attached hydrogen (secondary N) is 2. The molecule has 0 aromatic carbocycles. The standard InChI is InChI=1S/C12H27N3/c1-6-7-8-9-12(2,3)10-15-11(13-4)14-5/h6-10H2,1-5H3,(H2,13,14,15). The van der Waals surface area contributed by atoms with E-state index in [0.29, 0.717) is 5.41 Å². The monoisotopic (exact) mass is 213 g/mol. The molecule has 0 aliphatic carbocycles. The maximum absolute atomic E-state index is 4.10. The highest BCUT2D eigenvalue weighted by Gasteiger charge is 2.17. The molecule has 0 rings (SSSR count). The summed E-state index contributed by atoms with van der Waals surface area (Å²) >= 11 is 0. The van der Waals surface area contributed by atoms with Crippen molar-refractivity contribution in [2.75, 3.05) is 20.6 Å². The van der Waals surface area contributed by atoms with Gasteiger partial charge < -0.3 is 10.6 Å². The zero-order valence-electron chi connectivity index (χ0n) is 11.0. The van der Waals surface area contributed by atoms with E-state index in [1.807, 2.05) is 7.05 Å². The Hall–Kier alpha value is -0.730. The van der Waals surface area contributed by atoms with Gasteiger partial charge in [0, 0.05) is 20.6 Å². The van der Waals surface area contributed by atoms with Crippen LogP contribution in [0.15, 0.2) is 4.99 Å². The van der Waals surface area contributed by atoms with Crippen LogP contribution in [-0.4, -0.2) is 26.6 Å². The van der Waals surface area contributed by atoms with Crippen LogP contribution in [0.2, 0.25) is 0 Å². The summed E-state index contributed by atoms with van der Waals surface area (Å²) in [7, 11) is 3.68. The highest BCUT2D eigenvalue weighted by atomic mass is 15.2. The molecule has 0 aliphatic rings. The van der Waals surface area contributed by atoms with Crippen molar-refractivity contribution in [1.29, 1.82) is 0 Å². The first-order valence-corrected chi connectivity index (χ1v) is 5.94. The minimum absolute atomic E-state index is 0.349. The predicted octanol–water partition coefficient (Wildman–Crippen LogP) is 2.39. The normalized spacial score (nSPS) is 12.7. The van der Waals surface area contributed by atoms with E-state index in [-0.39, 0.29) is 0 Å². The number of guanidine groups is 1. The van der Waals surface area contributed by atoms with Crippen LogP contribution in [0.1, 0.15) is 46.5 Å². The molecule has 0 aliphatic heterocycles. The molecule has 0 amide bonds. The van der Waals surface area contributed by atoms with Crippen molar-refractivity contribution in [3.63, 3.8) is 0 Å². The van der Waals surface area contributed by atoms with Gasteiger partial charge in [-0.1, -0.05) is 40.0 Å². The molecule has 2 N–H and O–H groups in total. The predicted molar refractivity (Wildman–Crippen MR) is 68.3 cm³/mol. The number of hydrogen-bond donors (Lipinski definition) is 2. The number of rotatable bonds is 6. The average Bonchev–Trinajstić information content (AvgIpc) is 2.19. The van der Waals surface area contributed by atoms with Crippen LogP contribution in [0.25, 0.3) is 0 Å². The number of aliphatic imine (C=N–C) groups is 1. The second kappa shape index (κ2) is 7.55. The van der Waals surface area contributed by atoms with Crippen LogP contribution >= 0.6 is 0 Å². The van der Waals surface area contributed by atoms with E-state index in [2.05, 4.69) is 36.4 Å². The van der Waals surface area contributed by atoms with Gasteiger partial charge in [-0.2, -0.15) is 0 Å². The lowest BCUT2D eigenvalue weighted by Crippen LogP contribution is -2.40. The average molecular weight is 213 g/mol. The van der Waals surface area contributed by atoms with E-state index in [9.17, 15) is 0 Å². The SMILES string of the molecule is CCCCCC(C)(C)CNC(=NC)NC. The van der Waals surface area contributed by atoms with Crippen molar-refractivity contribution >= 4 is 5.96 Å². The van der Waals surface area contributed by atoms with Gasteiger partial charge >= 0.3 is 0 Å². The molecule has 0 spiro atoms. The third-order valence-electron chi connectivity index (χ3n) is 2.65. The summed E-state index contributed by atoms with van der Waals surface area (Å²) in [6.45, 7) is 7.83. The lowest BCUT2D eigenvalue weighted by molar-refractivity contribution is 0.319. The summed E-state index contributed by atoms with van der Waals surface area (Å²) < 4.78 is 0. The van der Waals surface area contributed by atoms with Crippen LogP contribution in [0.3, 0.4) is 0 Å². The minimum Gasteiger partial charge on any atom is -0.359 e. The summed E-state index contributed by atoms with van der Waals surface area (Å²) in [6, 6.07) is 0. The molecule has 0 unspecified atom stereocenters. The Labute approximate surface area is 94.7 Å². The van der Waals surface area contributed by atoms with Crippen molar-refractivity contribution < 1.29 is 0 Å². The Balaban J connectivity index is 3.81. The molecule has 90 valence electrons. The molecular formula is C12H27N3. The molecule has 0 aromatic rings. The van der Waals surface area contributed by atoms with E-state index >= 15 is 0 Å². The quantitative estimate of drug-likeness (QED) is 0.404. The number of hydrogen-bond acceptors (Lipinski definition) is 1. The highest BCUT2D eigenvalue weighted by Crippen LogP contribution is 2.22. The summed E-state index contributed by atoms with van der Waals surface area (Å²) in [4.78, 5) is 4.10. The van der Waals surface area contributed by atoms with Crippen LogP contribution < -0.4 is 10.6 Å². The van der Waals surface area contributed by atoms with Gasteiger partial charge in [-0.05, 0) is 11.8 Å². The van der Waals surface area contributed by atoms with E-state index in [4.69, 9.17) is 0 Å². The molecule has 0 aromatic heterocycles. The van der Waals surface area contributed by atoms with E-state index in [1.165, 1.54) is 25.7 Å². The molecule has 15 heavy (non-hydrogen) atoms. The second-order valence-electron chi connectivity index (χ2n) is 4.80. The second-order valence-corrected chi connectivity index (χ2v) is 4.80. The third-order valence-corrected chi connectivity index (χ3v) is 2.65. The van der Waals surface area contributed by atoms with Crippen molar-refractivity contribution in [3.8, 4) is 0 Å². The minimum atomic E-state index is 0.349. The maximum Gasteiger partial charge on any atom is 0.190 e. The van der Waals surface area contributed by atoms with Crippen LogP contribution in [0.4, 0.5) is 0 Å². The fraction of sp³-hybridized carbons (Fsp3) is 0.917. The lowest BCUT2D eigenvalue weighted by atomic mass is 9.87. The van der Waals surface area contributed by atoms with Crippen LogP contribution in [0.5, 0.6) is 0 Å². The molecule has 0 radical (unpaired) electrons. The molecule has 0 atom stereocenters. The topological polar surface area (TPSA) is 36.4 Å².